The van der Waals surface area contributed by atoms with Crippen LogP contribution in [0.3, 0.4) is 0 Å². The number of alkyl carbamates (subject to hydrolysis) is 1. The van der Waals surface area contributed by atoms with E-state index in [0.29, 0.717) is 18.5 Å². The first-order chi connectivity index (χ1) is 17.2. The highest BCUT2D eigenvalue weighted by molar-refractivity contribution is 5.92. The molecular weight excluding hydrogens is 470 g/mol. The molecule has 2 rings (SSSR count). The maximum absolute atomic E-state index is 14.1. The van der Waals surface area contributed by atoms with Crippen LogP contribution in [0.15, 0.2) is 54.6 Å². The fraction of sp³-hybridized carbons (Fsp3) is 0.483. The number of phenols is 1. The van der Waals surface area contributed by atoms with Crippen LogP contribution < -0.4 is 10.6 Å². The molecule has 0 aliphatic rings. The minimum Gasteiger partial charge on any atom is -0.508 e. The lowest BCUT2D eigenvalue weighted by atomic mass is 9.99. The van der Waals surface area contributed by atoms with Gasteiger partial charge in [0.2, 0.25) is 11.8 Å². The van der Waals surface area contributed by atoms with E-state index in [1.165, 1.54) is 17.0 Å². The fourth-order valence-corrected chi connectivity index (χ4v) is 3.87. The lowest BCUT2D eigenvalue weighted by Gasteiger charge is -2.36. The summed E-state index contributed by atoms with van der Waals surface area (Å²) in [5, 5.41) is 15.4. The summed E-state index contributed by atoms with van der Waals surface area (Å²) in [6.45, 7) is 13.1. The summed E-state index contributed by atoms with van der Waals surface area (Å²) in [5.41, 5.74) is 0.148. The van der Waals surface area contributed by atoms with Gasteiger partial charge >= 0.3 is 6.09 Å². The molecule has 2 unspecified atom stereocenters. The molecule has 8 nitrogen and oxygen atoms in total. The third kappa shape index (κ3) is 9.79. The summed E-state index contributed by atoms with van der Waals surface area (Å²) >= 11 is 0. The number of hydrogen-bond acceptors (Lipinski definition) is 5. The van der Waals surface area contributed by atoms with E-state index < -0.39 is 35.2 Å². The third-order valence-corrected chi connectivity index (χ3v) is 5.29. The minimum absolute atomic E-state index is 0.0994. The Kier molecular flexibility index (Phi) is 10.1. The highest BCUT2D eigenvalue weighted by Crippen LogP contribution is 2.25. The van der Waals surface area contributed by atoms with Crippen molar-refractivity contribution in [3.8, 4) is 5.75 Å². The van der Waals surface area contributed by atoms with Crippen molar-refractivity contribution in [3.63, 3.8) is 0 Å². The van der Waals surface area contributed by atoms with E-state index >= 15 is 0 Å². The van der Waals surface area contributed by atoms with Crippen LogP contribution >= 0.6 is 0 Å². The number of nitrogens with one attached hydrogen (secondary N) is 2. The molecule has 0 spiro atoms. The first kappa shape index (κ1) is 29.7. The highest BCUT2D eigenvalue weighted by atomic mass is 16.6. The largest absolute Gasteiger partial charge is 0.508 e. The van der Waals surface area contributed by atoms with Gasteiger partial charge in [-0.25, -0.2) is 4.79 Å². The number of carbonyl (C=O) groups excluding carboxylic acids is 3. The molecule has 0 bridgehead atoms. The topological polar surface area (TPSA) is 108 Å². The molecule has 0 radical (unpaired) electrons. The minimum atomic E-state index is -1.00. The Morgan fingerprint density at radius 3 is 2.05 bits per heavy atom. The van der Waals surface area contributed by atoms with E-state index in [-0.39, 0.29) is 18.1 Å². The van der Waals surface area contributed by atoms with Crippen molar-refractivity contribution in [1.82, 2.24) is 15.5 Å². The van der Waals surface area contributed by atoms with E-state index in [2.05, 4.69) is 10.6 Å². The van der Waals surface area contributed by atoms with Crippen LogP contribution in [0.5, 0.6) is 5.75 Å². The first-order valence-corrected chi connectivity index (χ1v) is 12.6. The van der Waals surface area contributed by atoms with Crippen LogP contribution in [0, 0.1) is 0 Å². The molecule has 2 atom stereocenters. The van der Waals surface area contributed by atoms with Crippen molar-refractivity contribution in [1.29, 1.82) is 0 Å². The molecule has 3 N–H and O–H groups in total. The van der Waals surface area contributed by atoms with E-state index in [0.717, 1.165) is 5.56 Å². The van der Waals surface area contributed by atoms with Crippen LogP contribution in [-0.2, 0) is 20.7 Å². The monoisotopic (exact) mass is 511 g/mol. The van der Waals surface area contributed by atoms with Gasteiger partial charge in [0.05, 0.1) is 0 Å². The Hall–Kier alpha value is -3.55. The van der Waals surface area contributed by atoms with Crippen LogP contribution in [0.4, 0.5) is 4.79 Å². The van der Waals surface area contributed by atoms with Gasteiger partial charge in [-0.1, -0.05) is 49.4 Å². The molecule has 37 heavy (non-hydrogen) atoms. The number of nitrogens with zero attached hydrogens (tertiary/aromatic N) is 1. The van der Waals surface area contributed by atoms with Crippen molar-refractivity contribution >= 4 is 17.9 Å². The SMILES string of the molecule is CCCN(C(=O)C(Cc1ccc(O)cc1)NC(=O)OC(C)(C)C)C(C(=O)NC(C)(C)C)c1ccccc1. The van der Waals surface area contributed by atoms with Crippen molar-refractivity contribution in [3.05, 3.63) is 65.7 Å². The van der Waals surface area contributed by atoms with Gasteiger partial charge in [0.15, 0.2) is 0 Å². The van der Waals surface area contributed by atoms with Crippen molar-refractivity contribution in [2.75, 3.05) is 6.54 Å². The average molecular weight is 512 g/mol. The number of carbonyl (C=O) groups is 3. The Morgan fingerprint density at radius 1 is 0.946 bits per heavy atom. The number of rotatable bonds is 9. The van der Waals surface area contributed by atoms with E-state index in [4.69, 9.17) is 4.74 Å². The predicted molar refractivity (Wildman–Crippen MR) is 144 cm³/mol. The third-order valence-electron chi connectivity index (χ3n) is 5.29. The molecule has 0 aliphatic carbocycles. The number of ether oxygens (including phenoxy) is 1. The molecular formula is C29H41N3O5. The van der Waals surface area contributed by atoms with Gasteiger partial charge in [-0.3, -0.25) is 9.59 Å². The standard InChI is InChI=1S/C29H41N3O5/c1-8-18-32(24(21-12-10-9-11-13-21)25(34)31-28(2,3)4)26(35)23(30-27(36)37-29(5,6)7)19-20-14-16-22(33)17-15-20/h9-17,23-24,33H,8,18-19H2,1-7H3,(H,30,36)(H,31,34). The van der Waals surface area contributed by atoms with Gasteiger partial charge < -0.3 is 25.4 Å². The summed E-state index contributed by atoms with van der Waals surface area (Å²) in [6, 6.07) is 13.7. The second kappa shape index (κ2) is 12.6. The molecule has 0 aliphatic heterocycles. The number of aromatic hydroxyl groups is 1. The normalized spacial score (nSPS) is 13.3. The maximum Gasteiger partial charge on any atom is 0.408 e. The molecule has 0 saturated carbocycles. The van der Waals surface area contributed by atoms with Crippen molar-refractivity contribution in [2.24, 2.45) is 0 Å². The van der Waals surface area contributed by atoms with Gasteiger partial charge in [0.25, 0.3) is 0 Å². The lowest BCUT2D eigenvalue weighted by Crippen LogP contribution is -2.55. The molecule has 0 heterocycles. The zero-order valence-corrected chi connectivity index (χ0v) is 23.0. The zero-order valence-electron chi connectivity index (χ0n) is 23.0. The molecule has 0 aromatic heterocycles. The van der Waals surface area contributed by atoms with Gasteiger partial charge in [-0.05, 0) is 71.2 Å². The average Bonchev–Trinajstić information content (AvgIpc) is 2.77. The van der Waals surface area contributed by atoms with Gasteiger partial charge in [0, 0.05) is 18.5 Å². The Bertz CT molecular complexity index is 1040. The number of benzene rings is 2. The molecule has 2 aromatic rings. The first-order valence-electron chi connectivity index (χ1n) is 12.6. The number of phenolic OH excluding ortho intramolecular Hbond substituents is 1. The summed E-state index contributed by atoms with van der Waals surface area (Å²) in [4.78, 5) is 41.9. The smallest absolute Gasteiger partial charge is 0.408 e. The molecule has 3 amide bonds. The van der Waals surface area contributed by atoms with Gasteiger partial charge in [-0.2, -0.15) is 0 Å². The summed E-state index contributed by atoms with van der Waals surface area (Å²) < 4.78 is 5.43. The van der Waals surface area contributed by atoms with Crippen LogP contribution in [0.25, 0.3) is 0 Å². The van der Waals surface area contributed by atoms with Gasteiger partial charge in [-0.15, -0.1) is 0 Å². The second-order valence-electron chi connectivity index (χ2n) is 11.2. The molecule has 0 saturated heterocycles. The number of hydrogen-bond donors (Lipinski definition) is 3. The van der Waals surface area contributed by atoms with E-state index in [1.54, 1.807) is 32.9 Å². The quantitative estimate of drug-likeness (QED) is 0.451. The lowest BCUT2D eigenvalue weighted by molar-refractivity contribution is -0.143. The highest BCUT2D eigenvalue weighted by Gasteiger charge is 2.37. The Balaban J connectivity index is 2.50. The van der Waals surface area contributed by atoms with E-state index in [9.17, 15) is 19.5 Å². The molecule has 202 valence electrons. The van der Waals surface area contributed by atoms with Crippen LogP contribution in [0.2, 0.25) is 0 Å². The summed E-state index contributed by atoms with van der Waals surface area (Å²) in [5.74, 6) is -0.609. The molecule has 8 heteroatoms. The molecule has 0 fully saturated rings. The van der Waals surface area contributed by atoms with Gasteiger partial charge in [0.1, 0.15) is 23.4 Å². The van der Waals surface area contributed by atoms with Crippen LogP contribution in [-0.4, -0.2) is 51.6 Å². The van der Waals surface area contributed by atoms with Crippen molar-refractivity contribution < 1.29 is 24.2 Å². The zero-order chi connectivity index (χ0) is 27.8. The second-order valence-corrected chi connectivity index (χ2v) is 11.2. The van der Waals surface area contributed by atoms with Crippen molar-refractivity contribution in [2.45, 2.75) is 84.5 Å². The Morgan fingerprint density at radius 2 is 1.54 bits per heavy atom. The predicted octanol–water partition coefficient (Wildman–Crippen LogP) is 4.72. The van der Waals surface area contributed by atoms with E-state index in [1.807, 2.05) is 58.0 Å². The fourth-order valence-electron chi connectivity index (χ4n) is 3.87. The summed E-state index contributed by atoms with van der Waals surface area (Å²) in [6.07, 6.45) is 0.0356. The summed E-state index contributed by atoms with van der Waals surface area (Å²) in [7, 11) is 0. The number of amides is 3. The van der Waals surface area contributed by atoms with Crippen LogP contribution in [0.1, 0.15) is 72.1 Å². The maximum atomic E-state index is 14.1. The molecule has 2 aromatic carbocycles. The Labute approximate surface area is 220 Å².